The first-order valence-corrected chi connectivity index (χ1v) is 10.6. The van der Waals surface area contributed by atoms with Crippen LogP contribution in [0.4, 0.5) is 13.2 Å². The number of aliphatic hydroxyl groups is 1. The zero-order valence-electron chi connectivity index (χ0n) is 17.9. The molecule has 31 heavy (non-hydrogen) atoms. The third kappa shape index (κ3) is 4.87. The molecule has 174 valence electrons. The van der Waals surface area contributed by atoms with Gasteiger partial charge >= 0.3 is 6.18 Å². The summed E-state index contributed by atoms with van der Waals surface area (Å²) >= 11 is 0. The van der Waals surface area contributed by atoms with Gasteiger partial charge in [-0.15, -0.1) is 0 Å². The van der Waals surface area contributed by atoms with Crippen LogP contribution in [0.2, 0.25) is 0 Å². The van der Waals surface area contributed by atoms with E-state index in [0.717, 1.165) is 43.1 Å². The van der Waals surface area contributed by atoms with Gasteiger partial charge < -0.3 is 19.5 Å². The summed E-state index contributed by atoms with van der Waals surface area (Å²) in [6, 6.07) is -0.338. The highest BCUT2D eigenvalue weighted by Gasteiger charge is 2.59. The Morgan fingerprint density at radius 3 is 2.19 bits per heavy atom. The van der Waals surface area contributed by atoms with Crippen LogP contribution in [0, 0.1) is 0 Å². The minimum absolute atomic E-state index is 0.0562. The van der Waals surface area contributed by atoms with Crippen molar-refractivity contribution >= 4 is 11.8 Å². The molecule has 0 radical (unpaired) electrons. The molecule has 8 nitrogen and oxygen atoms in total. The van der Waals surface area contributed by atoms with Gasteiger partial charge in [-0.25, -0.2) is 4.98 Å². The lowest BCUT2D eigenvalue weighted by Gasteiger charge is -2.40. The average molecular weight is 445 g/mol. The van der Waals surface area contributed by atoms with E-state index in [2.05, 4.69) is 4.98 Å². The molecule has 2 saturated heterocycles. The van der Waals surface area contributed by atoms with Crippen LogP contribution in [0.25, 0.3) is 0 Å². The van der Waals surface area contributed by atoms with Gasteiger partial charge in [0, 0.05) is 58.7 Å². The van der Waals surface area contributed by atoms with Gasteiger partial charge in [0.15, 0.2) is 5.82 Å². The maximum Gasteiger partial charge on any atom is 0.425 e. The Kier molecular flexibility index (Phi) is 6.95. The molecule has 2 unspecified atom stereocenters. The first-order chi connectivity index (χ1) is 14.5. The topological polar surface area (TPSA) is 81.9 Å². The van der Waals surface area contributed by atoms with Crippen molar-refractivity contribution in [2.24, 2.45) is 7.05 Å². The van der Waals surface area contributed by atoms with Crippen LogP contribution in [0.1, 0.15) is 38.4 Å². The second-order valence-corrected chi connectivity index (χ2v) is 8.38. The molecule has 2 atom stereocenters. The van der Waals surface area contributed by atoms with Gasteiger partial charge in [-0.1, -0.05) is 0 Å². The van der Waals surface area contributed by atoms with E-state index in [4.69, 9.17) is 0 Å². The molecule has 0 saturated carbocycles. The van der Waals surface area contributed by atoms with Crippen molar-refractivity contribution < 1.29 is 27.9 Å². The molecule has 2 aliphatic heterocycles. The molecule has 2 aliphatic rings. The summed E-state index contributed by atoms with van der Waals surface area (Å²) in [6.45, 7) is 4.52. The fraction of sp³-hybridized carbons (Fsp3) is 0.750. The monoisotopic (exact) mass is 445 g/mol. The standard InChI is InChI=1S/C20H30F3N5O3/c1-15(17(30)28-7-4-3-5-8-28)26-10-12-27(13-11-26)16(29)14-19(31,20(21,22)23)18-24-6-9-25(18)2/h6,9,15,31H,3-5,7-8,10-14H2,1-2H3. The number of rotatable bonds is 5. The van der Waals surface area contributed by atoms with Crippen molar-refractivity contribution in [3.05, 3.63) is 18.2 Å². The molecule has 0 aliphatic carbocycles. The van der Waals surface area contributed by atoms with Crippen LogP contribution in [-0.2, 0) is 22.2 Å². The summed E-state index contributed by atoms with van der Waals surface area (Å²) < 4.78 is 42.1. The molecule has 0 spiro atoms. The fourth-order valence-electron chi connectivity index (χ4n) is 4.29. The van der Waals surface area contributed by atoms with E-state index in [1.807, 2.05) is 16.7 Å². The van der Waals surface area contributed by atoms with E-state index in [1.54, 1.807) is 0 Å². The Balaban J connectivity index is 1.60. The quantitative estimate of drug-likeness (QED) is 0.734. The number of halogens is 3. The maximum atomic E-state index is 13.7. The summed E-state index contributed by atoms with van der Waals surface area (Å²) in [6.07, 6.45) is -0.631. The third-order valence-corrected chi connectivity index (χ3v) is 6.31. The lowest BCUT2D eigenvalue weighted by atomic mass is 9.96. The lowest BCUT2D eigenvalue weighted by molar-refractivity contribution is -0.272. The number of aryl methyl sites for hydroxylation is 1. The number of carbonyl (C=O) groups excluding carboxylic acids is 2. The summed E-state index contributed by atoms with van der Waals surface area (Å²) in [4.78, 5) is 34.1. The molecule has 3 heterocycles. The smallest absolute Gasteiger partial charge is 0.374 e. The molecule has 3 rings (SSSR count). The van der Waals surface area contributed by atoms with Crippen molar-refractivity contribution in [2.75, 3.05) is 39.3 Å². The van der Waals surface area contributed by atoms with Crippen LogP contribution in [0.15, 0.2) is 12.4 Å². The van der Waals surface area contributed by atoms with E-state index < -0.39 is 29.9 Å². The fourth-order valence-corrected chi connectivity index (χ4v) is 4.29. The van der Waals surface area contributed by atoms with Crippen molar-refractivity contribution in [1.29, 1.82) is 0 Å². The zero-order chi connectivity index (χ0) is 22.8. The lowest BCUT2D eigenvalue weighted by Crippen LogP contribution is -2.57. The van der Waals surface area contributed by atoms with Crippen molar-refractivity contribution in [3.8, 4) is 0 Å². The number of piperazine rings is 1. The largest absolute Gasteiger partial charge is 0.425 e. The number of nitrogens with zero attached hydrogens (tertiary/aromatic N) is 5. The Hall–Kier alpha value is -2.14. The van der Waals surface area contributed by atoms with Crippen LogP contribution in [0.3, 0.4) is 0 Å². The van der Waals surface area contributed by atoms with Gasteiger partial charge in [-0.05, 0) is 26.2 Å². The Morgan fingerprint density at radius 2 is 1.68 bits per heavy atom. The van der Waals surface area contributed by atoms with Gasteiger partial charge in [-0.2, -0.15) is 13.2 Å². The van der Waals surface area contributed by atoms with Crippen molar-refractivity contribution in [1.82, 2.24) is 24.3 Å². The number of likely N-dealkylation sites (tertiary alicyclic amines) is 1. The predicted molar refractivity (Wildman–Crippen MR) is 106 cm³/mol. The molecule has 11 heteroatoms. The first-order valence-electron chi connectivity index (χ1n) is 10.6. The van der Waals surface area contributed by atoms with Gasteiger partial charge in [0.1, 0.15) is 0 Å². The second-order valence-electron chi connectivity index (χ2n) is 8.38. The first kappa shape index (κ1) is 23.5. The summed E-state index contributed by atoms with van der Waals surface area (Å²) in [5.41, 5.74) is -3.36. The molecular weight excluding hydrogens is 415 g/mol. The Bertz CT molecular complexity index is 785. The number of amides is 2. The third-order valence-electron chi connectivity index (χ3n) is 6.31. The minimum Gasteiger partial charge on any atom is -0.374 e. The van der Waals surface area contributed by atoms with Gasteiger partial charge in [0.2, 0.25) is 17.4 Å². The van der Waals surface area contributed by atoms with Crippen LogP contribution < -0.4 is 0 Å². The van der Waals surface area contributed by atoms with Crippen LogP contribution >= 0.6 is 0 Å². The second kappa shape index (κ2) is 9.15. The molecule has 2 fully saturated rings. The number of hydrogen-bond donors (Lipinski definition) is 1. The highest BCUT2D eigenvalue weighted by Crippen LogP contribution is 2.41. The SMILES string of the molecule is CC(C(=O)N1CCCCC1)N1CCN(C(=O)CC(O)(c2nccn2C)C(F)(F)F)CC1. The van der Waals surface area contributed by atoms with E-state index in [1.165, 1.54) is 18.1 Å². The molecule has 2 amide bonds. The number of piperidine rings is 1. The summed E-state index contributed by atoms with van der Waals surface area (Å²) in [7, 11) is 1.34. The van der Waals surface area contributed by atoms with Gasteiger partial charge in [0.05, 0.1) is 12.5 Å². The molecule has 1 N–H and O–H groups in total. The molecular formula is C20H30F3N5O3. The maximum absolute atomic E-state index is 13.7. The molecule has 0 bridgehead atoms. The van der Waals surface area contributed by atoms with Gasteiger partial charge in [0.25, 0.3) is 0 Å². The molecule has 0 aromatic carbocycles. The zero-order valence-corrected chi connectivity index (χ0v) is 17.9. The van der Waals surface area contributed by atoms with Gasteiger partial charge in [-0.3, -0.25) is 14.5 Å². The van der Waals surface area contributed by atoms with Crippen LogP contribution in [-0.4, -0.2) is 92.7 Å². The van der Waals surface area contributed by atoms with E-state index in [9.17, 15) is 27.9 Å². The number of aromatic nitrogens is 2. The Labute approximate surface area is 179 Å². The van der Waals surface area contributed by atoms with E-state index in [0.29, 0.717) is 13.1 Å². The number of hydrogen-bond acceptors (Lipinski definition) is 5. The van der Waals surface area contributed by atoms with Crippen molar-refractivity contribution in [2.45, 2.75) is 50.4 Å². The predicted octanol–water partition coefficient (Wildman–Crippen LogP) is 1.11. The minimum atomic E-state index is -5.06. The summed E-state index contributed by atoms with van der Waals surface area (Å²) in [5.74, 6) is -1.36. The molecule has 1 aromatic rings. The average Bonchev–Trinajstić information content (AvgIpc) is 3.19. The summed E-state index contributed by atoms with van der Waals surface area (Å²) in [5, 5.41) is 10.4. The molecule has 1 aromatic heterocycles. The van der Waals surface area contributed by atoms with E-state index >= 15 is 0 Å². The highest BCUT2D eigenvalue weighted by molar-refractivity contribution is 5.81. The normalized spacial score (nSPS) is 21.6. The Morgan fingerprint density at radius 1 is 1.06 bits per heavy atom. The highest BCUT2D eigenvalue weighted by atomic mass is 19.4. The number of alkyl halides is 3. The number of carbonyl (C=O) groups is 2. The number of imidazole rings is 1. The van der Waals surface area contributed by atoms with E-state index in [-0.39, 0.29) is 25.0 Å². The van der Waals surface area contributed by atoms with Crippen LogP contribution in [0.5, 0.6) is 0 Å². The van der Waals surface area contributed by atoms with Crippen molar-refractivity contribution in [3.63, 3.8) is 0 Å².